The largest absolute Gasteiger partial charge is 0.488 e. The molecular formula is C19H24NO2+. The zero-order valence-electron chi connectivity index (χ0n) is 12.9. The van der Waals surface area contributed by atoms with Crippen LogP contribution in [0.5, 0.6) is 5.75 Å². The molecule has 0 bridgehead atoms. The van der Waals surface area contributed by atoms with Gasteiger partial charge in [0.15, 0.2) is 0 Å². The zero-order valence-corrected chi connectivity index (χ0v) is 12.9. The van der Waals surface area contributed by atoms with E-state index in [1.807, 2.05) is 18.2 Å². The number of hydrogen-bond acceptors (Lipinski definition) is 2. The molecule has 0 saturated carbocycles. The molecule has 2 N–H and O–H groups in total. The van der Waals surface area contributed by atoms with Crippen molar-refractivity contribution in [1.29, 1.82) is 0 Å². The molecule has 3 rings (SSSR count). The van der Waals surface area contributed by atoms with Crippen LogP contribution in [-0.2, 0) is 4.74 Å². The molecule has 1 aliphatic rings. The Bertz CT molecular complexity index is 547. The first-order valence-electron chi connectivity index (χ1n) is 8.13. The van der Waals surface area contributed by atoms with Crippen LogP contribution in [0.4, 0.5) is 0 Å². The van der Waals surface area contributed by atoms with E-state index in [2.05, 4.69) is 41.7 Å². The second-order valence-electron chi connectivity index (χ2n) is 5.69. The molecule has 1 heterocycles. The van der Waals surface area contributed by atoms with Crippen molar-refractivity contribution < 1.29 is 14.8 Å². The Morgan fingerprint density at radius 1 is 1.00 bits per heavy atom. The van der Waals surface area contributed by atoms with Gasteiger partial charge in [-0.1, -0.05) is 42.5 Å². The summed E-state index contributed by atoms with van der Waals surface area (Å²) in [7, 11) is 0. The quantitative estimate of drug-likeness (QED) is 0.797. The SMILES string of the molecule is c1ccc(-c2ccc(OCC[NH2+]C[C@H]3CCCO3)cc2)cc1. The topological polar surface area (TPSA) is 35.1 Å². The molecule has 1 saturated heterocycles. The van der Waals surface area contributed by atoms with Crippen molar-refractivity contribution >= 4 is 0 Å². The zero-order chi connectivity index (χ0) is 15.0. The molecule has 22 heavy (non-hydrogen) atoms. The molecule has 116 valence electrons. The van der Waals surface area contributed by atoms with Gasteiger partial charge in [-0.3, -0.25) is 0 Å². The van der Waals surface area contributed by atoms with Gasteiger partial charge in [-0.05, 0) is 36.1 Å². The minimum absolute atomic E-state index is 0.449. The minimum atomic E-state index is 0.449. The van der Waals surface area contributed by atoms with Crippen LogP contribution >= 0.6 is 0 Å². The van der Waals surface area contributed by atoms with E-state index >= 15 is 0 Å². The lowest BCUT2D eigenvalue weighted by molar-refractivity contribution is -0.661. The van der Waals surface area contributed by atoms with Gasteiger partial charge in [-0.15, -0.1) is 0 Å². The van der Waals surface area contributed by atoms with Gasteiger partial charge in [0.05, 0.1) is 0 Å². The van der Waals surface area contributed by atoms with Crippen molar-refractivity contribution in [1.82, 2.24) is 0 Å². The summed E-state index contributed by atoms with van der Waals surface area (Å²) in [5.74, 6) is 0.935. The predicted molar refractivity (Wildman–Crippen MR) is 88.0 cm³/mol. The van der Waals surface area contributed by atoms with E-state index in [4.69, 9.17) is 9.47 Å². The lowest BCUT2D eigenvalue weighted by Crippen LogP contribution is -2.87. The Morgan fingerprint density at radius 2 is 1.77 bits per heavy atom. The molecule has 0 aliphatic carbocycles. The van der Waals surface area contributed by atoms with Gasteiger partial charge >= 0.3 is 0 Å². The number of benzene rings is 2. The molecule has 3 nitrogen and oxygen atoms in total. The van der Waals surface area contributed by atoms with Gasteiger partial charge in [-0.2, -0.15) is 0 Å². The lowest BCUT2D eigenvalue weighted by atomic mass is 10.1. The number of rotatable bonds is 7. The summed E-state index contributed by atoms with van der Waals surface area (Å²) < 4.78 is 11.4. The maximum absolute atomic E-state index is 5.79. The summed E-state index contributed by atoms with van der Waals surface area (Å²) in [4.78, 5) is 0. The average Bonchev–Trinajstić information content (AvgIpc) is 3.09. The van der Waals surface area contributed by atoms with Crippen LogP contribution in [0.15, 0.2) is 54.6 Å². The fourth-order valence-corrected chi connectivity index (χ4v) is 2.77. The Hall–Kier alpha value is -1.84. The summed E-state index contributed by atoms with van der Waals surface area (Å²) in [6, 6.07) is 18.7. The van der Waals surface area contributed by atoms with Crippen molar-refractivity contribution in [3.63, 3.8) is 0 Å². The summed E-state index contributed by atoms with van der Waals surface area (Å²) in [5.41, 5.74) is 2.46. The van der Waals surface area contributed by atoms with Crippen LogP contribution in [0.3, 0.4) is 0 Å². The van der Waals surface area contributed by atoms with E-state index in [-0.39, 0.29) is 0 Å². The van der Waals surface area contributed by atoms with Gasteiger partial charge in [0.25, 0.3) is 0 Å². The highest BCUT2D eigenvalue weighted by atomic mass is 16.5. The molecule has 2 aromatic carbocycles. The van der Waals surface area contributed by atoms with E-state index in [1.165, 1.54) is 24.0 Å². The van der Waals surface area contributed by atoms with Crippen LogP contribution in [0.25, 0.3) is 11.1 Å². The van der Waals surface area contributed by atoms with Crippen LogP contribution < -0.4 is 10.1 Å². The first kappa shape index (κ1) is 15.1. The fraction of sp³-hybridized carbons (Fsp3) is 0.368. The molecule has 1 fully saturated rings. The molecule has 0 spiro atoms. The van der Waals surface area contributed by atoms with Crippen LogP contribution in [0, 0.1) is 0 Å². The maximum atomic E-state index is 5.79. The van der Waals surface area contributed by atoms with Gasteiger partial charge in [0.2, 0.25) is 0 Å². The summed E-state index contributed by atoms with van der Waals surface area (Å²) in [5, 5.41) is 2.29. The van der Waals surface area contributed by atoms with Crippen LogP contribution in [-0.4, -0.2) is 32.4 Å². The molecule has 0 unspecified atom stereocenters. The van der Waals surface area contributed by atoms with Gasteiger partial charge < -0.3 is 14.8 Å². The molecule has 2 aromatic rings. The second-order valence-corrected chi connectivity index (χ2v) is 5.69. The second kappa shape index (κ2) is 7.97. The monoisotopic (exact) mass is 298 g/mol. The number of ether oxygens (including phenoxy) is 2. The minimum Gasteiger partial charge on any atom is -0.488 e. The Morgan fingerprint density at radius 3 is 2.50 bits per heavy atom. The van der Waals surface area contributed by atoms with Crippen LogP contribution in [0.2, 0.25) is 0 Å². The smallest absolute Gasteiger partial charge is 0.137 e. The summed E-state index contributed by atoms with van der Waals surface area (Å²) in [6.07, 6.45) is 2.87. The Balaban J connectivity index is 1.39. The highest BCUT2D eigenvalue weighted by molar-refractivity contribution is 5.63. The Labute approximate surface area is 132 Å². The average molecular weight is 298 g/mol. The Kier molecular flexibility index (Phi) is 5.46. The molecule has 1 aliphatic heterocycles. The van der Waals surface area contributed by atoms with Crippen molar-refractivity contribution in [2.24, 2.45) is 0 Å². The van der Waals surface area contributed by atoms with Gasteiger partial charge in [0.1, 0.15) is 31.5 Å². The third-order valence-electron chi connectivity index (χ3n) is 4.01. The van der Waals surface area contributed by atoms with E-state index < -0.39 is 0 Å². The normalized spacial score (nSPS) is 17.5. The van der Waals surface area contributed by atoms with Gasteiger partial charge in [-0.25, -0.2) is 0 Å². The highest BCUT2D eigenvalue weighted by Gasteiger charge is 2.16. The van der Waals surface area contributed by atoms with Crippen molar-refractivity contribution in [2.75, 3.05) is 26.3 Å². The third-order valence-corrected chi connectivity index (χ3v) is 4.01. The first-order chi connectivity index (χ1) is 10.9. The van der Waals surface area contributed by atoms with Crippen LogP contribution in [0.1, 0.15) is 12.8 Å². The highest BCUT2D eigenvalue weighted by Crippen LogP contribution is 2.21. The fourth-order valence-electron chi connectivity index (χ4n) is 2.77. The van der Waals surface area contributed by atoms with E-state index in [0.29, 0.717) is 6.10 Å². The van der Waals surface area contributed by atoms with Gasteiger partial charge in [0, 0.05) is 6.61 Å². The molecule has 1 atom stereocenters. The van der Waals surface area contributed by atoms with E-state index in [0.717, 1.165) is 32.1 Å². The first-order valence-corrected chi connectivity index (χ1v) is 8.13. The molecule has 3 heteroatoms. The number of quaternary nitrogens is 1. The summed E-state index contributed by atoms with van der Waals surface area (Å²) in [6.45, 7) is 3.69. The molecule has 0 radical (unpaired) electrons. The number of hydrogen-bond donors (Lipinski definition) is 1. The third kappa shape index (κ3) is 4.33. The molecular weight excluding hydrogens is 274 g/mol. The maximum Gasteiger partial charge on any atom is 0.137 e. The summed E-state index contributed by atoms with van der Waals surface area (Å²) >= 11 is 0. The van der Waals surface area contributed by atoms with Crippen molar-refractivity contribution in [2.45, 2.75) is 18.9 Å². The van der Waals surface area contributed by atoms with Crippen molar-refractivity contribution in [3.05, 3.63) is 54.6 Å². The predicted octanol–water partition coefficient (Wildman–Crippen LogP) is 2.47. The van der Waals surface area contributed by atoms with Crippen molar-refractivity contribution in [3.8, 4) is 16.9 Å². The number of nitrogens with two attached hydrogens (primary N) is 1. The lowest BCUT2D eigenvalue weighted by Gasteiger charge is -2.09. The molecule has 0 amide bonds. The standard InChI is InChI=1S/C19H23NO2/c1-2-5-16(6-3-1)17-8-10-18(11-9-17)22-14-12-20-15-19-7-4-13-21-19/h1-3,5-6,8-11,19-20H,4,7,12-15H2/p+1/t19-/m1/s1. The van der Waals surface area contributed by atoms with E-state index in [9.17, 15) is 0 Å². The molecule has 0 aromatic heterocycles. The van der Waals surface area contributed by atoms with E-state index in [1.54, 1.807) is 0 Å².